The fourth-order valence-corrected chi connectivity index (χ4v) is 3.28. The molecule has 1 heterocycles. The number of benzene rings is 2. The molecule has 0 aromatic heterocycles. The van der Waals surface area contributed by atoms with Gasteiger partial charge in [-0.25, -0.2) is 14.4 Å². The summed E-state index contributed by atoms with van der Waals surface area (Å²) in [5.74, 6) is -1.85. The second kappa shape index (κ2) is 9.24. The number of ether oxygens (including phenoxy) is 3. The Hall–Kier alpha value is -3.95. The number of carbonyl (C=O) groups excluding carboxylic acids is 3. The lowest BCUT2D eigenvalue weighted by Gasteiger charge is -2.34. The van der Waals surface area contributed by atoms with E-state index in [2.05, 4.69) is 0 Å². The highest BCUT2D eigenvalue weighted by molar-refractivity contribution is 5.94. The molecule has 1 fully saturated rings. The van der Waals surface area contributed by atoms with Crippen molar-refractivity contribution >= 4 is 23.7 Å². The average Bonchev–Trinajstić information content (AvgIpc) is 3.22. The van der Waals surface area contributed by atoms with E-state index >= 15 is 0 Å². The van der Waals surface area contributed by atoms with Gasteiger partial charge in [-0.05, 0) is 24.1 Å². The van der Waals surface area contributed by atoms with E-state index in [1.807, 2.05) is 6.07 Å². The summed E-state index contributed by atoms with van der Waals surface area (Å²) < 4.78 is 15.6. The SMILES string of the molecule is COC(=O)[C@]1(OC(=O)c2ccc([N+](=O)[O-])cc2)CCCN1C(=O)OCc1ccccc1. The minimum Gasteiger partial charge on any atom is -0.465 e. The molecule has 1 aliphatic rings. The zero-order valence-corrected chi connectivity index (χ0v) is 16.7. The van der Waals surface area contributed by atoms with Gasteiger partial charge < -0.3 is 14.2 Å². The maximum absolute atomic E-state index is 12.7. The van der Waals surface area contributed by atoms with Gasteiger partial charge >= 0.3 is 18.0 Å². The second-order valence-electron chi connectivity index (χ2n) is 6.76. The van der Waals surface area contributed by atoms with Gasteiger partial charge in [0.2, 0.25) is 0 Å². The summed E-state index contributed by atoms with van der Waals surface area (Å²) in [6.07, 6.45) is -0.426. The van der Waals surface area contributed by atoms with Crippen LogP contribution in [0.4, 0.5) is 10.5 Å². The van der Waals surface area contributed by atoms with Gasteiger partial charge in [0, 0.05) is 25.1 Å². The zero-order valence-electron chi connectivity index (χ0n) is 16.7. The third kappa shape index (κ3) is 4.63. The van der Waals surface area contributed by atoms with Crippen LogP contribution in [-0.2, 0) is 25.6 Å². The van der Waals surface area contributed by atoms with Crippen LogP contribution in [0.15, 0.2) is 54.6 Å². The van der Waals surface area contributed by atoms with Gasteiger partial charge in [0.1, 0.15) is 6.61 Å². The van der Waals surface area contributed by atoms with Crippen molar-refractivity contribution < 1.29 is 33.5 Å². The van der Waals surface area contributed by atoms with Crippen molar-refractivity contribution in [2.24, 2.45) is 0 Å². The van der Waals surface area contributed by atoms with Crippen molar-refractivity contribution in [2.45, 2.75) is 25.2 Å². The molecule has 1 amide bonds. The van der Waals surface area contributed by atoms with Gasteiger partial charge in [0.25, 0.3) is 11.4 Å². The van der Waals surface area contributed by atoms with Crippen molar-refractivity contribution in [3.8, 4) is 0 Å². The lowest BCUT2D eigenvalue weighted by Crippen LogP contribution is -2.56. The Labute approximate surface area is 177 Å². The van der Waals surface area contributed by atoms with Crippen LogP contribution in [0.1, 0.15) is 28.8 Å². The first-order valence-electron chi connectivity index (χ1n) is 9.42. The summed E-state index contributed by atoms with van der Waals surface area (Å²) in [6.45, 7) is 0.0972. The monoisotopic (exact) mass is 428 g/mol. The Morgan fingerprint density at radius 1 is 1.10 bits per heavy atom. The molecule has 162 valence electrons. The fourth-order valence-electron chi connectivity index (χ4n) is 3.28. The molecule has 0 bridgehead atoms. The number of likely N-dealkylation sites (tertiary alicyclic amines) is 1. The molecule has 10 nitrogen and oxygen atoms in total. The molecule has 1 saturated heterocycles. The quantitative estimate of drug-likeness (QED) is 0.297. The third-order valence-electron chi connectivity index (χ3n) is 4.84. The van der Waals surface area contributed by atoms with Crippen LogP contribution >= 0.6 is 0 Å². The van der Waals surface area contributed by atoms with Crippen LogP contribution in [0.25, 0.3) is 0 Å². The van der Waals surface area contributed by atoms with Crippen molar-refractivity contribution in [3.63, 3.8) is 0 Å². The van der Waals surface area contributed by atoms with E-state index < -0.39 is 28.7 Å². The van der Waals surface area contributed by atoms with Crippen LogP contribution in [0.5, 0.6) is 0 Å². The molecular formula is C21H20N2O8. The van der Waals surface area contributed by atoms with Crippen molar-refractivity contribution in [1.29, 1.82) is 0 Å². The molecule has 2 aromatic carbocycles. The number of amides is 1. The number of non-ortho nitro benzene ring substituents is 1. The predicted molar refractivity (Wildman–Crippen MR) is 106 cm³/mol. The Balaban J connectivity index is 1.79. The molecular weight excluding hydrogens is 408 g/mol. The summed E-state index contributed by atoms with van der Waals surface area (Å²) in [4.78, 5) is 49.2. The van der Waals surface area contributed by atoms with Crippen molar-refractivity contribution in [3.05, 3.63) is 75.8 Å². The maximum atomic E-state index is 12.7. The van der Waals surface area contributed by atoms with Crippen LogP contribution < -0.4 is 0 Å². The van der Waals surface area contributed by atoms with E-state index in [0.29, 0.717) is 6.42 Å². The molecule has 1 atom stereocenters. The Bertz CT molecular complexity index is 977. The predicted octanol–water partition coefficient (Wildman–Crippen LogP) is 3.05. The third-order valence-corrected chi connectivity index (χ3v) is 4.84. The van der Waals surface area contributed by atoms with Crippen LogP contribution in [-0.4, -0.2) is 47.2 Å². The number of rotatable bonds is 6. The lowest BCUT2D eigenvalue weighted by molar-refractivity contribution is -0.384. The number of nitro benzene ring substituents is 1. The Morgan fingerprint density at radius 3 is 2.39 bits per heavy atom. The molecule has 31 heavy (non-hydrogen) atoms. The second-order valence-corrected chi connectivity index (χ2v) is 6.76. The zero-order chi connectivity index (χ0) is 22.4. The minimum absolute atomic E-state index is 0.0154. The fraction of sp³-hybridized carbons (Fsp3) is 0.286. The topological polar surface area (TPSA) is 125 Å². The first-order valence-corrected chi connectivity index (χ1v) is 9.42. The first-order chi connectivity index (χ1) is 14.9. The van der Waals surface area contributed by atoms with Gasteiger partial charge in [-0.3, -0.25) is 15.0 Å². The summed E-state index contributed by atoms with van der Waals surface area (Å²) in [5.41, 5.74) is -1.45. The van der Waals surface area contributed by atoms with E-state index in [-0.39, 0.29) is 30.8 Å². The van der Waals surface area contributed by atoms with E-state index in [1.165, 1.54) is 12.1 Å². The summed E-state index contributed by atoms with van der Waals surface area (Å²) in [6, 6.07) is 13.7. The number of hydrogen-bond donors (Lipinski definition) is 0. The van der Waals surface area contributed by atoms with Crippen molar-refractivity contribution in [2.75, 3.05) is 13.7 Å². The van der Waals surface area contributed by atoms with E-state index in [9.17, 15) is 24.5 Å². The normalized spacial score (nSPS) is 17.6. The number of carbonyl (C=O) groups is 3. The average molecular weight is 428 g/mol. The number of hydrogen-bond acceptors (Lipinski definition) is 8. The molecule has 2 aromatic rings. The molecule has 0 aliphatic carbocycles. The Kier molecular flexibility index (Phi) is 6.49. The Morgan fingerprint density at radius 2 is 1.77 bits per heavy atom. The largest absolute Gasteiger partial charge is 0.465 e. The highest BCUT2D eigenvalue weighted by atomic mass is 16.6. The minimum atomic E-state index is -1.98. The number of methoxy groups -OCH3 is 1. The number of esters is 2. The van der Waals surface area contributed by atoms with Gasteiger partial charge in [-0.2, -0.15) is 0 Å². The van der Waals surface area contributed by atoms with Gasteiger partial charge in [-0.1, -0.05) is 30.3 Å². The van der Waals surface area contributed by atoms with Crippen molar-refractivity contribution in [1.82, 2.24) is 4.90 Å². The molecule has 0 N–H and O–H groups in total. The molecule has 0 spiro atoms. The maximum Gasteiger partial charge on any atom is 0.413 e. The van der Waals surface area contributed by atoms with Crippen LogP contribution in [0.2, 0.25) is 0 Å². The van der Waals surface area contributed by atoms with E-state index in [0.717, 1.165) is 29.7 Å². The highest BCUT2D eigenvalue weighted by Crippen LogP contribution is 2.34. The van der Waals surface area contributed by atoms with Crippen LogP contribution in [0, 0.1) is 10.1 Å². The van der Waals surface area contributed by atoms with E-state index in [4.69, 9.17) is 14.2 Å². The van der Waals surface area contributed by atoms with E-state index in [1.54, 1.807) is 24.3 Å². The highest BCUT2D eigenvalue weighted by Gasteiger charge is 2.55. The van der Waals surface area contributed by atoms with Gasteiger partial charge in [0.05, 0.1) is 17.6 Å². The lowest BCUT2D eigenvalue weighted by atomic mass is 10.1. The number of nitro groups is 1. The number of nitrogens with zero attached hydrogens (tertiary/aromatic N) is 2. The summed E-state index contributed by atoms with van der Waals surface area (Å²) in [5, 5.41) is 10.8. The molecule has 10 heteroatoms. The molecule has 0 saturated carbocycles. The molecule has 0 unspecified atom stereocenters. The van der Waals surface area contributed by atoms with Gasteiger partial charge in [-0.15, -0.1) is 0 Å². The standard InChI is InChI=1S/C21H20N2O8/c1-29-19(25)21(31-18(24)16-8-10-17(11-9-16)23(27)28)12-5-13-22(21)20(26)30-14-15-6-3-2-4-7-15/h2-4,6-11H,5,12-14H2,1H3/t21-/m1/s1. The van der Waals surface area contributed by atoms with Crippen LogP contribution in [0.3, 0.4) is 0 Å². The summed E-state index contributed by atoms with van der Waals surface area (Å²) >= 11 is 0. The summed E-state index contributed by atoms with van der Waals surface area (Å²) in [7, 11) is 1.12. The molecule has 3 rings (SSSR count). The van der Waals surface area contributed by atoms with Gasteiger partial charge in [0.15, 0.2) is 0 Å². The smallest absolute Gasteiger partial charge is 0.413 e. The molecule has 1 aliphatic heterocycles. The first kappa shape index (κ1) is 21.8. The molecule has 0 radical (unpaired) electrons.